The molecule has 0 spiro atoms. The van der Waals surface area contributed by atoms with Gasteiger partial charge in [0, 0.05) is 25.5 Å². The highest BCUT2D eigenvalue weighted by molar-refractivity contribution is 4.84. The van der Waals surface area contributed by atoms with Gasteiger partial charge in [-0.2, -0.15) is 0 Å². The highest BCUT2D eigenvalue weighted by Gasteiger charge is 2.17. The molecule has 0 aromatic carbocycles. The summed E-state index contributed by atoms with van der Waals surface area (Å²) in [5, 5.41) is 0. The molecule has 0 aliphatic rings. The van der Waals surface area contributed by atoms with Gasteiger partial charge in [-0.25, -0.2) is 0 Å². The summed E-state index contributed by atoms with van der Waals surface area (Å²) in [6.07, 6.45) is 5.63. The highest BCUT2D eigenvalue weighted by Crippen LogP contribution is 2.22. The number of aromatic nitrogens is 2. The van der Waals surface area contributed by atoms with Gasteiger partial charge in [-0.05, 0) is 18.8 Å². The van der Waals surface area contributed by atoms with Crippen molar-refractivity contribution in [1.29, 1.82) is 0 Å². The maximum Gasteiger partial charge on any atom is 0.146 e. The number of nitrogens with zero attached hydrogens (tertiary/aromatic N) is 3. The number of hydrogen-bond acceptors (Lipinski definition) is 2. The van der Waals surface area contributed by atoms with Crippen LogP contribution in [0.15, 0.2) is 23.6 Å². The molecule has 0 amide bonds. The fraction of sp³-hybridized carbons (Fsp3) is 0.667. The molecule has 0 bridgehead atoms. The van der Waals surface area contributed by atoms with Gasteiger partial charge in [0.05, 0.1) is 6.20 Å². The highest BCUT2D eigenvalue weighted by atomic mass is 15.0. The first-order chi connectivity index (χ1) is 7.07. The van der Waals surface area contributed by atoms with E-state index in [9.17, 15) is 0 Å². The molecule has 0 aliphatic carbocycles. The summed E-state index contributed by atoms with van der Waals surface area (Å²) in [7, 11) is 1.81. The monoisotopic (exact) mass is 207 g/mol. The van der Waals surface area contributed by atoms with E-state index in [0.717, 1.165) is 5.49 Å². The van der Waals surface area contributed by atoms with Gasteiger partial charge in [0.25, 0.3) is 0 Å². The molecule has 1 aromatic heterocycles. The van der Waals surface area contributed by atoms with E-state index < -0.39 is 0 Å². The predicted molar refractivity (Wildman–Crippen MR) is 62.4 cm³/mol. The Hall–Kier alpha value is -1.12. The van der Waals surface area contributed by atoms with Crippen LogP contribution < -0.4 is 5.49 Å². The minimum absolute atomic E-state index is 0.451. The molecular weight excluding hydrogens is 186 g/mol. The van der Waals surface area contributed by atoms with Crippen molar-refractivity contribution in [3.05, 3.63) is 24.1 Å². The zero-order chi connectivity index (χ0) is 11.4. The van der Waals surface area contributed by atoms with Crippen molar-refractivity contribution < 1.29 is 0 Å². The van der Waals surface area contributed by atoms with Gasteiger partial charge in [-0.3, -0.25) is 9.98 Å². The van der Waals surface area contributed by atoms with Crippen LogP contribution in [0, 0.1) is 11.8 Å². The smallest absolute Gasteiger partial charge is 0.146 e. The molecule has 15 heavy (non-hydrogen) atoms. The van der Waals surface area contributed by atoms with Crippen molar-refractivity contribution >= 4 is 0 Å². The molecule has 0 saturated heterocycles. The van der Waals surface area contributed by atoms with Crippen molar-refractivity contribution in [1.82, 2.24) is 9.55 Å². The molecule has 1 aromatic rings. The molecule has 3 nitrogen and oxygen atoms in total. The maximum absolute atomic E-state index is 4.23. The lowest BCUT2D eigenvalue weighted by Crippen LogP contribution is -2.29. The first-order valence-electron chi connectivity index (χ1n) is 5.53. The molecule has 0 saturated carbocycles. The van der Waals surface area contributed by atoms with Crippen LogP contribution in [0.3, 0.4) is 0 Å². The molecular formula is C12H21N3. The van der Waals surface area contributed by atoms with E-state index in [1.54, 1.807) is 7.05 Å². The van der Waals surface area contributed by atoms with E-state index in [1.165, 1.54) is 0 Å². The molecule has 0 radical (unpaired) electrons. The molecule has 1 rings (SSSR count). The van der Waals surface area contributed by atoms with Crippen LogP contribution in [-0.4, -0.2) is 16.6 Å². The lowest BCUT2D eigenvalue weighted by atomic mass is 9.91. The van der Waals surface area contributed by atoms with Gasteiger partial charge in [-0.1, -0.05) is 20.8 Å². The summed E-state index contributed by atoms with van der Waals surface area (Å²) < 4.78 is 2.19. The zero-order valence-electron chi connectivity index (χ0n) is 10.3. The fourth-order valence-corrected chi connectivity index (χ4v) is 1.69. The van der Waals surface area contributed by atoms with Gasteiger partial charge in [-0.15, -0.1) is 0 Å². The molecule has 1 unspecified atom stereocenters. The van der Waals surface area contributed by atoms with Crippen LogP contribution in [0.5, 0.6) is 0 Å². The minimum Gasteiger partial charge on any atom is -0.327 e. The van der Waals surface area contributed by atoms with Crippen molar-refractivity contribution in [2.75, 3.05) is 7.05 Å². The lowest BCUT2D eigenvalue weighted by molar-refractivity contribution is 0.288. The van der Waals surface area contributed by atoms with E-state index in [4.69, 9.17) is 0 Å². The molecule has 84 valence electrons. The van der Waals surface area contributed by atoms with Crippen LogP contribution >= 0.6 is 0 Å². The van der Waals surface area contributed by atoms with Gasteiger partial charge < -0.3 is 4.57 Å². The van der Waals surface area contributed by atoms with E-state index in [1.807, 2.05) is 18.6 Å². The van der Waals surface area contributed by atoms with E-state index in [-0.39, 0.29) is 0 Å². The van der Waals surface area contributed by atoms with Gasteiger partial charge in [0.15, 0.2) is 0 Å². The van der Waals surface area contributed by atoms with Gasteiger partial charge in [0.2, 0.25) is 0 Å². The first-order valence-corrected chi connectivity index (χ1v) is 5.53. The van der Waals surface area contributed by atoms with Crippen LogP contribution in [-0.2, 0) is 0 Å². The largest absolute Gasteiger partial charge is 0.327 e. The normalized spacial score (nSPS) is 16.8. The summed E-state index contributed by atoms with van der Waals surface area (Å²) in [5.41, 5.74) is 0.942. The fourth-order valence-electron chi connectivity index (χ4n) is 1.69. The summed E-state index contributed by atoms with van der Waals surface area (Å²) >= 11 is 0. The molecule has 1 heterocycles. The first kappa shape index (κ1) is 12.0. The Labute approximate surface area is 91.9 Å². The van der Waals surface area contributed by atoms with Crippen LogP contribution in [0.2, 0.25) is 0 Å². The average Bonchev–Trinajstić information content (AvgIpc) is 2.26. The Bertz CT molecular complexity index is 365. The van der Waals surface area contributed by atoms with Crippen molar-refractivity contribution in [2.45, 2.75) is 33.7 Å². The third kappa shape index (κ3) is 2.67. The van der Waals surface area contributed by atoms with Crippen LogP contribution in [0.1, 0.15) is 33.7 Å². The standard InChI is InChI=1S/C12H21N3/c1-9(2)10(3)11(4)15-7-6-14-8-12(15)13-5/h6-11H,1-5H3/t10-,11?/m0/s1. The molecule has 3 heteroatoms. The Balaban J connectivity index is 3.06. The molecule has 2 atom stereocenters. The van der Waals surface area contributed by atoms with Crippen LogP contribution in [0.25, 0.3) is 0 Å². The SMILES string of the molecule is CN=c1cnccn1C(C)[C@@H](C)C(C)C. The van der Waals surface area contributed by atoms with Crippen molar-refractivity contribution in [3.8, 4) is 0 Å². The Morgan fingerprint density at radius 2 is 1.93 bits per heavy atom. The summed E-state index contributed by atoms with van der Waals surface area (Å²) in [5.74, 6) is 1.29. The third-order valence-corrected chi connectivity index (χ3v) is 3.25. The van der Waals surface area contributed by atoms with Crippen LogP contribution in [0.4, 0.5) is 0 Å². The topological polar surface area (TPSA) is 30.2 Å². The zero-order valence-corrected chi connectivity index (χ0v) is 10.3. The maximum atomic E-state index is 4.23. The molecule has 0 aliphatic heterocycles. The van der Waals surface area contributed by atoms with Gasteiger partial charge in [0.1, 0.15) is 5.49 Å². The van der Waals surface area contributed by atoms with Crippen molar-refractivity contribution in [3.63, 3.8) is 0 Å². The lowest BCUT2D eigenvalue weighted by Gasteiger charge is -2.25. The van der Waals surface area contributed by atoms with E-state index >= 15 is 0 Å². The van der Waals surface area contributed by atoms with Gasteiger partial charge >= 0.3 is 0 Å². The second kappa shape index (κ2) is 5.10. The predicted octanol–water partition coefficient (Wildman–Crippen LogP) is 2.27. The number of hydrogen-bond donors (Lipinski definition) is 0. The summed E-state index contributed by atoms with van der Waals surface area (Å²) in [6, 6.07) is 0.451. The summed E-state index contributed by atoms with van der Waals surface area (Å²) in [6.45, 7) is 9.03. The van der Waals surface area contributed by atoms with E-state index in [2.05, 4.69) is 42.2 Å². The third-order valence-electron chi connectivity index (χ3n) is 3.25. The quantitative estimate of drug-likeness (QED) is 0.747. The minimum atomic E-state index is 0.451. The second-order valence-corrected chi connectivity index (χ2v) is 4.41. The number of rotatable bonds is 3. The molecule has 0 N–H and O–H groups in total. The Morgan fingerprint density at radius 3 is 2.47 bits per heavy atom. The summed E-state index contributed by atoms with van der Waals surface area (Å²) in [4.78, 5) is 8.32. The Kier molecular flexibility index (Phi) is 4.06. The Morgan fingerprint density at radius 1 is 1.27 bits per heavy atom. The van der Waals surface area contributed by atoms with Crippen molar-refractivity contribution in [2.24, 2.45) is 16.8 Å². The molecule has 0 fully saturated rings. The second-order valence-electron chi connectivity index (χ2n) is 4.41. The average molecular weight is 207 g/mol. The van der Waals surface area contributed by atoms with E-state index in [0.29, 0.717) is 17.9 Å².